The van der Waals surface area contributed by atoms with Crippen molar-refractivity contribution in [3.05, 3.63) is 45.5 Å². The number of carbonyl (C=O) groups excluding carboxylic acids is 2. The highest BCUT2D eigenvalue weighted by molar-refractivity contribution is 5.94. The second-order valence-electron chi connectivity index (χ2n) is 11.8. The molecule has 0 bridgehead atoms. The van der Waals surface area contributed by atoms with Gasteiger partial charge in [-0.1, -0.05) is 32.4 Å². The normalized spacial score (nSPS) is 27.9. The fourth-order valence-electron chi connectivity index (χ4n) is 7.41. The summed E-state index contributed by atoms with van der Waals surface area (Å²) in [4.78, 5) is 29.0. The van der Waals surface area contributed by atoms with Crippen molar-refractivity contribution in [2.45, 2.75) is 71.7 Å². The summed E-state index contributed by atoms with van der Waals surface area (Å²) in [5, 5.41) is 22.6. The van der Waals surface area contributed by atoms with Crippen molar-refractivity contribution in [3.63, 3.8) is 0 Å². The summed E-state index contributed by atoms with van der Waals surface area (Å²) in [5.74, 6) is -0.195. The monoisotopic (exact) mass is 540 g/mol. The quantitative estimate of drug-likeness (QED) is 0.383. The van der Waals surface area contributed by atoms with Gasteiger partial charge in [-0.3, -0.25) is 14.6 Å². The molecule has 1 aromatic carbocycles. The Balaban J connectivity index is 1.20. The Morgan fingerprint density at radius 2 is 1.69 bits per heavy atom. The van der Waals surface area contributed by atoms with Gasteiger partial charge in [0.25, 0.3) is 0 Å². The fraction of sp³-hybridized carbons (Fsp3) is 0.677. The number of rotatable bonds is 8. The number of fused-ring (bicyclic) bond motifs is 2. The van der Waals surface area contributed by atoms with Crippen molar-refractivity contribution in [1.82, 2.24) is 9.80 Å². The zero-order chi connectivity index (χ0) is 27.7. The van der Waals surface area contributed by atoms with Crippen molar-refractivity contribution in [1.29, 1.82) is 0 Å². The minimum absolute atomic E-state index is 0.0660. The Kier molecular flexibility index (Phi) is 8.76. The van der Waals surface area contributed by atoms with Gasteiger partial charge in [0, 0.05) is 37.7 Å². The van der Waals surface area contributed by atoms with Crippen LogP contribution in [0.4, 0.5) is 0 Å². The highest BCUT2D eigenvalue weighted by atomic mass is 16.5. The van der Waals surface area contributed by atoms with E-state index in [0.717, 1.165) is 80.5 Å². The molecule has 5 rings (SSSR count). The molecular formula is C31H44N2O6. The largest absolute Gasteiger partial charge is 0.461 e. The van der Waals surface area contributed by atoms with Crippen molar-refractivity contribution in [2.24, 2.45) is 17.8 Å². The van der Waals surface area contributed by atoms with E-state index in [2.05, 4.69) is 30.6 Å². The van der Waals surface area contributed by atoms with Crippen LogP contribution in [0.1, 0.15) is 79.6 Å². The minimum Gasteiger partial charge on any atom is -0.461 e. The second-order valence-corrected chi connectivity index (χ2v) is 11.8. The summed E-state index contributed by atoms with van der Waals surface area (Å²) in [6, 6.07) is 3.67. The average Bonchev–Trinajstić information content (AvgIpc) is 3.36. The molecule has 0 amide bonds. The number of esters is 2. The maximum absolute atomic E-state index is 12.4. The number of ether oxygens (including phenoxy) is 2. The summed E-state index contributed by atoms with van der Waals surface area (Å²) in [5.41, 5.74) is 5.82. The van der Waals surface area contributed by atoms with E-state index in [1.807, 2.05) is 6.07 Å². The standard InChI is InChI=1S/C31H44N2O6/c1-4-20-23(9-10-24-25(20)17-38-30(24)36)28(35)16-33-12-6-11-32(13-14-33)15-27(34)22-8-7-19(3)29-26(21(22)5-2)18-39-31(29)37/h9-10,19,22,27-29,34-35H,4-8,11-18H2,1-3H3. The van der Waals surface area contributed by atoms with Crippen LogP contribution in [0.5, 0.6) is 0 Å². The van der Waals surface area contributed by atoms with Crippen LogP contribution < -0.4 is 0 Å². The highest BCUT2D eigenvalue weighted by Crippen LogP contribution is 2.42. The summed E-state index contributed by atoms with van der Waals surface area (Å²) in [7, 11) is 0. The molecule has 8 heteroatoms. The van der Waals surface area contributed by atoms with Gasteiger partial charge in [0.05, 0.1) is 23.7 Å². The molecule has 214 valence electrons. The Hall–Kier alpha value is -2.26. The fourth-order valence-corrected chi connectivity index (χ4v) is 7.41. The lowest BCUT2D eigenvalue weighted by atomic mass is 9.84. The van der Waals surface area contributed by atoms with E-state index in [1.54, 1.807) is 6.07 Å². The molecule has 2 N–H and O–H groups in total. The molecular weight excluding hydrogens is 496 g/mol. The van der Waals surface area contributed by atoms with Gasteiger partial charge in [-0.05, 0) is 73.9 Å². The van der Waals surface area contributed by atoms with Crippen molar-refractivity contribution < 1.29 is 29.3 Å². The molecule has 39 heavy (non-hydrogen) atoms. The summed E-state index contributed by atoms with van der Waals surface area (Å²) in [6.07, 6.45) is 3.27. The number of nitrogens with zero attached hydrogens (tertiary/aromatic N) is 2. The first-order valence-corrected chi connectivity index (χ1v) is 14.8. The van der Waals surface area contributed by atoms with Gasteiger partial charge in [-0.15, -0.1) is 0 Å². The molecule has 0 saturated carbocycles. The number of hydrogen-bond acceptors (Lipinski definition) is 8. The SMILES string of the molecule is CCC1=C2COC(=O)C2C(C)CCC1C(O)CN1CCCN(CC(O)c2ccc3c(c2CC)COC3=O)CC1. The molecule has 2 saturated heterocycles. The first-order chi connectivity index (χ1) is 18.8. The van der Waals surface area contributed by atoms with E-state index in [1.165, 1.54) is 5.57 Å². The molecule has 0 radical (unpaired) electrons. The molecule has 4 aliphatic rings. The van der Waals surface area contributed by atoms with E-state index in [-0.39, 0.29) is 29.7 Å². The van der Waals surface area contributed by atoms with E-state index in [4.69, 9.17) is 9.47 Å². The molecule has 3 aliphatic heterocycles. The molecule has 5 atom stereocenters. The second kappa shape index (κ2) is 12.1. The number of aliphatic hydroxyl groups is 2. The van der Waals surface area contributed by atoms with E-state index in [0.29, 0.717) is 31.9 Å². The first kappa shape index (κ1) is 28.3. The zero-order valence-corrected chi connectivity index (χ0v) is 23.7. The Bertz CT molecular complexity index is 1120. The Morgan fingerprint density at radius 3 is 2.41 bits per heavy atom. The molecule has 0 spiro atoms. The molecule has 1 aromatic rings. The number of β-amino-alcohol motifs (C(OH)–C–C–N with tert-alkyl or cyclic N) is 2. The molecule has 3 heterocycles. The van der Waals surface area contributed by atoms with Gasteiger partial charge in [-0.2, -0.15) is 0 Å². The number of hydrogen-bond donors (Lipinski definition) is 2. The van der Waals surface area contributed by atoms with Crippen LogP contribution in [-0.4, -0.2) is 83.9 Å². The van der Waals surface area contributed by atoms with Crippen molar-refractivity contribution in [2.75, 3.05) is 45.9 Å². The van der Waals surface area contributed by atoms with Crippen LogP contribution in [0.15, 0.2) is 23.3 Å². The van der Waals surface area contributed by atoms with E-state index in [9.17, 15) is 19.8 Å². The van der Waals surface area contributed by atoms with Gasteiger partial charge in [-0.25, -0.2) is 4.79 Å². The van der Waals surface area contributed by atoms with Crippen LogP contribution in [0.2, 0.25) is 0 Å². The molecule has 8 nitrogen and oxygen atoms in total. The molecule has 2 fully saturated rings. The van der Waals surface area contributed by atoms with Crippen molar-refractivity contribution >= 4 is 11.9 Å². The number of cyclic esters (lactones) is 2. The Labute approximate surface area is 232 Å². The average molecular weight is 541 g/mol. The molecule has 0 aromatic heterocycles. The predicted octanol–water partition coefficient (Wildman–Crippen LogP) is 3.25. The molecule has 1 aliphatic carbocycles. The third-order valence-electron chi connectivity index (χ3n) is 9.51. The maximum atomic E-state index is 12.4. The lowest BCUT2D eigenvalue weighted by molar-refractivity contribution is -0.142. The summed E-state index contributed by atoms with van der Waals surface area (Å²) >= 11 is 0. The first-order valence-electron chi connectivity index (χ1n) is 14.8. The van der Waals surface area contributed by atoms with Crippen LogP contribution in [0, 0.1) is 17.8 Å². The van der Waals surface area contributed by atoms with Gasteiger partial charge >= 0.3 is 11.9 Å². The molecule has 5 unspecified atom stereocenters. The van der Waals surface area contributed by atoms with Gasteiger partial charge in [0.2, 0.25) is 0 Å². The number of aliphatic hydroxyl groups excluding tert-OH is 2. The Morgan fingerprint density at radius 1 is 0.949 bits per heavy atom. The van der Waals surface area contributed by atoms with Crippen LogP contribution in [0.3, 0.4) is 0 Å². The van der Waals surface area contributed by atoms with Crippen LogP contribution in [-0.2, 0) is 27.3 Å². The number of benzene rings is 1. The zero-order valence-electron chi connectivity index (χ0n) is 23.7. The lowest BCUT2D eigenvalue weighted by Gasteiger charge is -2.30. The lowest BCUT2D eigenvalue weighted by Crippen LogP contribution is -2.40. The van der Waals surface area contributed by atoms with E-state index < -0.39 is 12.2 Å². The van der Waals surface area contributed by atoms with Gasteiger partial charge < -0.3 is 19.7 Å². The third-order valence-corrected chi connectivity index (χ3v) is 9.51. The highest BCUT2D eigenvalue weighted by Gasteiger charge is 2.42. The van der Waals surface area contributed by atoms with E-state index >= 15 is 0 Å². The summed E-state index contributed by atoms with van der Waals surface area (Å²) in [6.45, 7) is 11.6. The van der Waals surface area contributed by atoms with Crippen molar-refractivity contribution in [3.8, 4) is 0 Å². The van der Waals surface area contributed by atoms with Crippen LogP contribution in [0.25, 0.3) is 0 Å². The minimum atomic E-state index is -0.630. The van der Waals surface area contributed by atoms with Gasteiger partial charge in [0.15, 0.2) is 0 Å². The van der Waals surface area contributed by atoms with Crippen LogP contribution >= 0.6 is 0 Å². The summed E-state index contributed by atoms with van der Waals surface area (Å²) < 4.78 is 10.7. The smallest absolute Gasteiger partial charge is 0.338 e. The third kappa shape index (κ3) is 5.67. The predicted molar refractivity (Wildman–Crippen MR) is 147 cm³/mol. The topological polar surface area (TPSA) is 99.5 Å². The maximum Gasteiger partial charge on any atom is 0.338 e. The number of carbonyl (C=O) groups is 2. The van der Waals surface area contributed by atoms with Gasteiger partial charge in [0.1, 0.15) is 13.2 Å².